The first-order valence-corrected chi connectivity index (χ1v) is 4.26. The van der Waals surface area contributed by atoms with Crippen LogP contribution in [0.3, 0.4) is 0 Å². The highest BCUT2D eigenvalue weighted by molar-refractivity contribution is 4.83. The van der Waals surface area contributed by atoms with Crippen molar-refractivity contribution in [2.45, 2.75) is 32.0 Å². The summed E-state index contributed by atoms with van der Waals surface area (Å²) >= 11 is 0. The van der Waals surface area contributed by atoms with Gasteiger partial charge >= 0.3 is 0 Å². The van der Waals surface area contributed by atoms with Gasteiger partial charge in [0.15, 0.2) is 0 Å². The molecule has 0 saturated carbocycles. The van der Waals surface area contributed by atoms with E-state index in [1.807, 2.05) is 0 Å². The summed E-state index contributed by atoms with van der Waals surface area (Å²) in [7, 11) is 0. The van der Waals surface area contributed by atoms with E-state index in [-0.39, 0.29) is 0 Å². The van der Waals surface area contributed by atoms with Crippen molar-refractivity contribution >= 4 is 0 Å². The summed E-state index contributed by atoms with van der Waals surface area (Å²) in [5, 5.41) is 0. The zero-order valence-corrected chi connectivity index (χ0v) is 6.55. The predicted octanol–water partition coefficient (Wildman–Crippen LogP) is 0.869. The molecule has 0 spiro atoms. The second-order valence-corrected chi connectivity index (χ2v) is 3.31. The van der Waals surface area contributed by atoms with E-state index in [4.69, 9.17) is 4.74 Å². The van der Waals surface area contributed by atoms with Crippen LogP contribution in [-0.4, -0.2) is 36.7 Å². The van der Waals surface area contributed by atoms with Crippen molar-refractivity contribution in [2.75, 3.05) is 19.6 Å². The summed E-state index contributed by atoms with van der Waals surface area (Å²) in [6.07, 6.45) is 3.72. The summed E-state index contributed by atoms with van der Waals surface area (Å²) in [5.74, 6) is 0. The number of likely N-dealkylation sites (N-methyl/N-ethyl adjacent to an activating group) is 1. The highest BCUT2D eigenvalue weighted by Crippen LogP contribution is 2.25. The Labute approximate surface area is 62.2 Å². The molecular formula is C8H15NO. The smallest absolute Gasteiger partial charge is 0.0707 e. The van der Waals surface area contributed by atoms with Crippen molar-refractivity contribution in [1.82, 2.24) is 4.90 Å². The van der Waals surface area contributed by atoms with Crippen LogP contribution in [0.2, 0.25) is 0 Å². The van der Waals surface area contributed by atoms with E-state index < -0.39 is 0 Å². The van der Waals surface area contributed by atoms with Gasteiger partial charge in [0.1, 0.15) is 0 Å². The van der Waals surface area contributed by atoms with Crippen molar-refractivity contribution in [3.63, 3.8) is 0 Å². The van der Waals surface area contributed by atoms with Gasteiger partial charge in [0.2, 0.25) is 0 Å². The standard InChI is InChI=1S/C8H15NO/c1-2-9-5-7-3-4-8(6-9)10-7/h7-8H,2-6H2,1H3/t7-,8?/m0/s1. The Bertz CT molecular complexity index is 114. The van der Waals surface area contributed by atoms with E-state index >= 15 is 0 Å². The van der Waals surface area contributed by atoms with E-state index in [1.54, 1.807) is 0 Å². The van der Waals surface area contributed by atoms with Crippen LogP contribution in [0.5, 0.6) is 0 Å². The topological polar surface area (TPSA) is 12.5 Å². The zero-order valence-electron chi connectivity index (χ0n) is 6.55. The van der Waals surface area contributed by atoms with Crippen LogP contribution in [-0.2, 0) is 4.74 Å². The van der Waals surface area contributed by atoms with Crippen molar-refractivity contribution in [3.05, 3.63) is 0 Å². The number of morpholine rings is 1. The van der Waals surface area contributed by atoms with Gasteiger partial charge in [-0.2, -0.15) is 0 Å². The molecule has 0 amide bonds. The molecule has 0 aromatic heterocycles. The zero-order chi connectivity index (χ0) is 6.97. The van der Waals surface area contributed by atoms with Crippen molar-refractivity contribution in [3.8, 4) is 0 Å². The molecule has 0 aliphatic carbocycles. The largest absolute Gasteiger partial charge is 0.372 e. The van der Waals surface area contributed by atoms with Gasteiger partial charge in [0, 0.05) is 13.1 Å². The van der Waals surface area contributed by atoms with Crippen LogP contribution in [0.1, 0.15) is 19.8 Å². The Morgan fingerprint density at radius 1 is 1.30 bits per heavy atom. The molecule has 2 rings (SSSR count). The van der Waals surface area contributed by atoms with Crippen molar-refractivity contribution in [1.29, 1.82) is 0 Å². The number of fused-ring (bicyclic) bond motifs is 2. The minimum absolute atomic E-state index is 0.568. The van der Waals surface area contributed by atoms with E-state index in [9.17, 15) is 0 Å². The Balaban J connectivity index is 1.96. The molecule has 2 heterocycles. The van der Waals surface area contributed by atoms with Crippen molar-refractivity contribution < 1.29 is 4.74 Å². The molecule has 58 valence electrons. The van der Waals surface area contributed by atoms with Gasteiger partial charge < -0.3 is 4.74 Å². The fourth-order valence-electron chi connectivity index (χ4n) is 1.96. The second-order valence-electron chi connectivity index (χ2n) is 3.31. The van der Waals surface area contributed by atoms with E-state index in [0.717, 1.165) is 0 Å². The van der Waals surface area contributed by atoms with Crippen LogP contribution >= 0.6 is 0 Å². The first-order valence-electron chi connectivity index (χ1n) is 4.26. The highest BCUT2D eigenvalue weighted by Gasteiger charge is 2.32. The van der Waals surface area contributed by atoms with Crippen molar-refractivity contribution in [2.24, 2.45) is 0 Å². The fraction of sp³-hybridized carbons (Fsp3) is 1.00. The number of hydrogen-bond acceptors (Lipinski definition) is 2. The van der Waals surface area contributed by atoms with Crippen LogP contribution in [0.4, 0.5) is 0 Å². The van der Waals surface area contributed by atoms with Gasteiger partial charge in [0.05, 0.1) is 12.2 Å². The summed E-state index contributed by atoms with van der Waals surface area (Å²) in [4.78, 5) is 2.49. The van der Waals surface area contributed by atoms with E-state index in [1.165, 1.54) is 32.5 Å². The predicted molar refractivity (Wildman–Crippen MR) is 40.0 cm³/mol. The lowest BCUT2D eigenvalue weighted by molar-refractivity contribution is -0.0364. The third-order valence-electron chi connectivity index (χ3n) is 2.57. The Morgan fingerprint density at radius 2 is 1.90 bits per heavy atom. The Kier molecular flexibility index (Phi) is 1.66. The molecule has 2 aliphatic rings. The summed E-state index contributed by atoms with van der Waals surface area (Å²) in [5.41, 5.74) is 0. The Hall–Kier alpha value is -0.0800. The lowest BCUT2D eigenvalue weighted by Crippen LogP contribution is -2.42. The van der Waals surface area contributed by atoms with E-state index in [2.05, 4.69) is 11.8 Å². The number of hydrogen-bond donors (Lipinski definition) is 0. The molecule has 2 aliphatic heterocycles. The first-order chi connectivity index (χ1) is 4.88. The average Bonchev–Trinajstić information content (AvgIpc) is 2.30. The van der Waals surface area contributed by atoms with Gasteiger partial charge in [-0.05, 0) is 19.4 Å². The van der Waals surface area contributed by atoms with Gasteiger partial charge in [-0.25, -0.2) is 0 Å². The minimum Gasteiger partial charge on any atom is -0.372 e. The third kappa shape index (κ3) is 1.06. The molecule has 1 unspecified atom stereocenters. The molecular weight excluding hydrogens is 126 g/mol. The maximum atomic E-state index is 5.69. The third-order valence-corrected chi connectivity index (χ3v) is 2.57. The Morgan fingerprint density at radius 3 is 2.40 bits per heavy atom. The molecule has 2 saturated heterocycles. The number of ether oxygens (including phenoxy) is 1. The summed E-state index contributed by atoms with van der Waals surface area (Å²) < 4.78 is 5.69. The van der Waals surface area contributed by atoms with Gasteiger partial charge in [0.25, 0.3) is 0 Å². The normalized spacial score (nSPS) is 40.5. The molecule has 2 fully saturated rings. The molecule has 0 aromatic rings. The molecule has 2 heteroatoms. The molecule has 2 atom stereocenters. The van der Waals surface area contributed by atoms with Gasteiger partial charge in [-0.3, -0.25) is 4.90 Å². The fourth-order valence-corrected chi connectivity index (χ4v) is 1.96. The quantitative estimate of drug-likeness (QED) is 0.537. The number of likely N-dealkylation sites (tertiary alicyclic amines) is 1. The maximum absolute atomic E-state index is 5.69. The molecule has 0 N–H and O–H groups in total. The minimum atomic E-state index is 0.568. The molecule has 2 bridgehead atoms. The molecule has 0 radical (unpaired) electrons. The maximum Gasteiger partial charge on any atom is 0.0707 e. The molecule has 2 nitrogen and oxygen atoms in total. The summed E-state index contributed by atoms with van der Waals surface area (Å²) in [6.45, 7) is 5.76. The summed E-state index contributed by atoms with van der Waals surface area (Å²) in [6, 6.07) is 0. The highest BCUT2D eigenvalue weighted by atomic mass is 16.5. The van der Waals surface area contributed by atoms with Crippen LogP contribution in [0.15, 0.2) is 0 Å². The molecule has 10 heavy (non-hydrogen) atoms. The van der Waals surface area contributed by atoms with Crippen LogP contribution in [0, 0.1) is 0 Å². The van der Waals surface area contributed by atoms with Crippen LogP contribution < -0.4 is 0 Å². The molecule has 0 aromatic carbocycles. The first kappa shape index (κ1) is 6.62. The van der Waals surface area contributed by atoms with Crippen LogP contribution in [0.25, 0.3) is 0 Å². The number of rotatable bonds is 1. The SMILES string of the molecule is CCN1CC2CC[C@@H](C1)O2. The number of nitrogens with zero attached hydrogens (tertiary/aromatic N) is 1. The van der Waals surface area contributed by atoms with Gasteiger partial charge in [-0.15, -0.1) is 0 Å². The average molecular weight is 141 g/mol. The lowest BCUT2D eigenvalue weighted by Gasteiger charge is -2.30. The second kappa shape index (κ2) is 2.51. The van der Waals surface area contributed by atoms with Gasteiger partial charge in [-0.1, -0.05) is 6.92 Å². The lowest BCUT2D eigenvalue weighted by atomic mass is 10.2. The monoisotopic (exact) mass is 141 g/mol. The van der Waals surface area contributed by atoms with E-state index in [0.29, 0.717) is 12.2 Å².